The van der Waals surface area contributed by atoms with Crippen LogP contribution in [0.15, 0.2) is 39.3 Å². The van der Waals surface area contributed by atoms with Gasteiger partial charge in [0.1, 0.15) is 0 Å². The zero-order valence-corrected chi connectivity index (χ0v) is 16.5. The van der Waals surface area contributed by atoms with Crippen molar-refractivity contribution in [2.24, 2.45) is 10.8 Å². The number of halogens is 1. The van der Waals surface area contributed by atoms with Gasteiger partial charge in [-0.3, -0.25) is 4.79 Å². The van der Waals surface area contributed by atoms with Crippen LogP contribution in [0.5, 0.6) is 0 Å². The lowest BCUT2D eigenvalue weighted by Gasteiger charge is -2.39. The Hall–Kier alpha value is -1.62. The number of fused-ring (bicyclic) bond motifs is 2. The molecule has 1 saturated carbocycles. The highest BCUT2D eigenvalue weighted by Gasteiger charge is 2.51. The average molecular weight is 403 g/mol. The fraction of sp³-hybridized carbons (Fsp3) is 0.500. The zero-order chi connectivity index (χ0) is 17.8. The third-order valence-electron chi connectivity index (χ3n) is 5.53. The van der Waals surface area contributed by atoms with Crippen LogP contribution >= 0.6 is 15.9 Å². The van der Waals surface area contributed by atoms with Crippen LogP contribution < -0.4 is 0 Å². The molecule has 2 fully saturated rings. The number of aromatic nitrogens is 1. The summed E-state index contributed by atoms with van der Waals surface area (Å²) in [5, 5.41) is 4.05. The van der Waals surface area contributed by atoms with Crippen molar-refractivity contribution in [2.45, 2.75) is 46.1 Å². The van der Waals surface area contributed by atoms with Gasteiger partial charge in [-0.2, -0.15) is 0 Å². The summed E-state index contributed by atoms with van der Waals surface area (Å²) in [6.07, 6.45) is 3.33. The lowest BCUT2D eigenvalue weighted by Crippen LogP contribution is -2.37. The predicted octanol–water partition coefficient (Wildman–Crippen LogP) is 5.14. The van der Waals surface area contributed by atoms with E-state index in [2.05, 4.69) is 41.9 Å². The number of hydrogen-bond acceptors (Lipinski definition) is 3. The van der Waals surface area contributed by atoms with Gasteiger partial charge in [0.05, 0.1) is 0 Å². The number of benzene rings is 1. The van der Waals surface area contributed by atoms with Gasteiger partial charge in [0, 0.05) is 28.7 Å². The van der Waals surface area contributed by atoms with Crippen LogP contribution in [0, 0.1) is 10.8 Å². The van der Waals surface area contributed by atoms with Crippen molar-refractivity contribution < 1.29 is 9.32 Å². The first-order valence-corrected chi connectivity index (χ1v) is 9.58. The van der Waals surface area contributed by atoms with Crippen LogP contribution in [0.25, 0.3) is 11.3 Å². The van der Waals surface area contributed by atoms with Gasteiger partial charge in [0.25, 0.3) is 5.91 Å². The maximum Gasteiger partial charge on any atom is 0.276 e. The number of nitrogens with zero attached hydrogens (tertiary/aromatic N) is 2. The fourth-order valence-electron chi connectivity index (χ4n) is 4.97. The number of carbonyl (C=O) groups is 1. The normalized spacial score (nSPS) is 27.5. The van der Waals surface area contributed by atoms with Crippen LogP contribution in [0.4, 0.5) is 0 Å². The smallest absolute Gasteiger partial charge is 0.276 e. The van der Waals surface area contributed by atoms with E-state index in [1.54, 1.807) is 6.07 Å². The van der Waals surface area contributed by atoms with E-state index in [1.165, 1.54) is 6.42 Å². The van der Waals surface area contributed by atoms with Gasteiger partial charge in [-0.15, -0.1) is 0 Å². The van der Waals surface area contributed by atoms with Crippen molar-refractivity contribution in [3.05, 3.63) is 40.5 Å². The van der Waals surface area contributed by atoms with Gasteiger partial charge in [0.2, 0.25) is 0 Å². The molecule has 0 N–H and O–H groups in total. The third-order valence-corrected chi connectivity index (χ3v) is 6.06. The molecule has 25 heavy (non-hydrogen) atoms. The molecular weight excluding hydrogens is 380 g/mol. The highest BCUT2D eigenvalue weighted by atomic mass is 79.9. The molecule has 2 aliphatic rings. The first-order valence-electron chi connectivity index (χ1n) is 8.78. The minimum atomic E-state index is -0.00135. The van der Waals surface area contributed by atoms with Crippen molar-refractivity contribution in [1.82, 2.24) is 10.1 Å². The van der Waals surface area contributed by atoms with Crippen LogP contribution in [0.2, 0.25) is 0 Å². The quantitative estimate of drug-likeness (QED) is 0.697. The van der Waals surface area contributed by atoms with Crippen LogP contribution in [0.3, 0.4) is 0 Å². The Morgan fingerprint density at radius 3 is 2.68 bits per heavy atom. The second-order valence-corrected chi connectivity index (χ2v) is 9.65. The monoisotopic (exact) mass is 402 g/mol. The van der Waals surface area contributed by atoms with Gasteiger partial charge in [-0.25, -0.2) is 0 Å². The molecule has 4 nitrogen and oxygen atoms in total. The Labute approximate surface area is 156 Å². The highest BCUT2D eigenvalue weighted by Crippen LogP contribution is 2.52. The van der Waals surface area contributed by atoms with Gasteiger partial charge in [-0.05, 0) is 42.2 Å². The molecular formula is C20H23BrN2O2. The molecule has 0 spiro atoms. The molecule has 1 aliphatic heterocycles. The molecule has 2 unspecified atom stereocenters. The summed E-state index contributed by atoms with van der Waals surface area (Å²) in [7, 11) is 0. The summed E-state index contributed by atoms with van der Waals surface area (Å²) in [6, 6.07) is 9.88. The summed E-state index contributed by atoms with van der Waals surface area (Å²) in [5.74, 6) is 0.628. The molecule has 1 aliphatic carbocycles. The Morgan fingerprint density at radius 1 is 1.24 bits per heavy atom. The Balaban J connectivity index is 1.57. The molecule has 0 radical (unpaired) electrons. The SMILES string of the molecule is CC1(C)CC2CC(C)(CN2C(=O)c2cc(-c3ccc(Br)cc3)on2)C1. The fourth-order valence-corrected chi connectivity index (χ4v) is 5.24. The van der Waals surface area contributed by atoms with E-state index in [0.717, 1.165) is 29.4 Å². The van der Waals surface area contributed by atoms with E-state index in [4.69, 9.17) is 4.52 Å². The molecule has 1 aromatic carbocycles. The highest BCUT2D eigenvalue weighted by molar-refractivity contribution is 9.10. The summed E-state index contributed by atoms with van der Waals surface area (Å²) in [6.45, 7) is 7.75. The van der Waals surface area contributed by atoms with Crippen LogP contribution in [0.1, 0.15) is 50.5 Å². The van der Waals surface area contributed by atoms with Gasteiger partial charge >= 0.3 is 0 Å². The van der Waals surface area contributed by atoms with Crippen LogP contribution in [-0.2, 0) is 0 Å². The zero-order valence-electron chi connectivity index (χ0n) is 14.9. The average Bonchev–Trinajstić information content (AvgIpc) is 3.09. The van der Waals surface area contributed by atoms with E-state index in [-0.39, 0.29) is 11.3 Å². The first kappa shape index (κ1) is 16.8. The molecule has 2 atom stereocenters. The van der Waals surface area contributed by atoms with Gasteiger partial charge in [0.15, 0.2) is 11.5 Å². The number of amides is 1. The van der Waals surface area contributed by atoms with Crippen molar-refractivity contribution in [3.63, 3.8) is 0 Å². The van der Waals surface area contributed by atoms with Crippen molar-refractivity contribution in [2.75, 3.05) is 6.54 Å². The topological polar surface area (TPSA) is 46.3 Å². The molecule has 2 bridgehead atoms. The van der Waals surface area contributed by atoms with E-state index >= 15 is 0 Å². The maximum absolute atomic E-state index is 13.0. The van der Waals surface area contributed by atoms with Crippen LogP contribution in [-0.4, -0.2) is 28.6 Å². The molecule has 1 amide bonds. The van der Waals surface area contributed by atoms with E-state index in [1.807, 2.05) is 29.2 Å². The van der Waals surface area contributed by atoms with E-state index < -0.39 is 0 Å². The van der Waals surface area contributed by atoms with E-state index in [9.17, 15) is 4.79 Å². The minimum Gasteiger partial charge on any atom is -0.355 e. The number of carbonyl (C=O) groups excluding carboxylic acids is 1. The number of likely N-dealkylation sites (tertiary alicyclic amines) is 1. The Bertz CT molecular complexity index is 811. The largest absolute Gasteiger partial charge is 0.355 e. The molecule has 2 aromatic rings. The predicted molar refractivity (Wildman–Crippen MR) is 100 cm³/mol. The van der Waals surface area contributed by atoms with E-state index in [0.29, 0.717) is 22.9 Å². The summed E-state index contributed by atoms with van der Waals surface area (Å²) >= 11 is 3.42. The number of hydrogen-bond donors (Lipinski definition) is 0. The first-order chi connectivity index (χ1) is 11.7. The minimum absolute atomic E-state index is 0.00135. The molecule has 5 heteroatoms. The molecule has 132 valence electrons. The lowest BCUT2D eigenvalue weighted by atomic mass is 9.65. The molecule has 1 aromatic heterocycles. The maximum atomic E-state index is 13.0. The molecule has 1 saturated heterocycles. The number of rotatable bonds is 2. The Kier molecular flexibility index (Phi) is 3.83. The molecule has 2 heterocycles. The second-order valence-electron chi connectivity index (χ2n) is 8.73. The van der Waals surface area contributed by atoms with Gasteiger partial charge < -0.3 is 9.42 Å². The summed E-state index contributed by atoms with van der Waals surface area (Å²) < 4.78 is 6.44. The summed E-state index contributed by atoms with van der Waals surface area (Å²) in [5.41, 5.74) is 1.84. The van der Waals surface area contributed by atoms with Crippen molar-refractivity contribution >= 4 is 21.8 Å². The lowest BCUT2D eigenvalue weighted by molar-refractivity contribution is 0.0698. The summed E-state index contributed by atoms with van der Waals surface area (Å²) in [4.78, 5) is 15.1. The van der Waals surface area contributed by atoms with Crippen molar-refractivity contribution in [1.29, 1.82) is 0 Å². The Morgan fingerprint density at radius 2 is 1.96 bits per heavy atom. The second kappa shape index (κ2) is 5.70. The standard InChI is InChI=1S/C20H23BrN2O2/c1-19(2)9-15-10-20(3,11-19)12-23(15)18(24)16-8-17(25-22-16)13-4-6-14(21)7-5-13/h4-8,15H,9-12H2,1-3H3. The van der Waals surface area contributed by atoms with Crippen molar-refractivity contribution in [3.8, 4) is 11.3 Å². The molecule has 4 rings (SSSR count). The third kappa shape index (κ3) is 3.14. The van der Waals surface area contributed by atoms with Gasteiger partial charge in [-0.1, -0.05) is 54.0 Å².